The molecule has 0 saturated carbocycles. The first kappa shape index (κ1) is 26.4. The molecule has 7 nitrogen and oxygen atoms in total. The number of rotatable bonds is 12. The van der Waals surface area contributed by atoms with Crippen molar-refractivity contribution in [1.82, 2.24) is 10.7 Å². The molecular formula is C25H32BrN3O4. The Bertz CT molecular complexity index is 948. The number of amides is 2. The van der Waals surface area contributed by atoms with Crippen molar-refractivity contribution < 1.29 is 19.1 Å². The Morgan fingerprint density at radius 2 is 1.85 bits per heavy atom. The summed E-state index contributed by atoms with van der Waals surface area (Å²) in [5.74, 6) is 0.429. The standard InChI is InChI=1S/C25H32BrN3O4/c1-5-7-13-33-23-20(26)14-18(15-21(23)32-6-2)16-27-29-25(31)22(17(3)4)28-24(30)19-11-9-8-10-12-19/h8-12,14-17,22H,5-7,13H2,1-4H3,(H,28,30)(H,29,31). The number of benzene rings is 2. The largest absolute Gasteiger partial charge is 0.490 e. The van der Waals surface area contributed by atoms with Crippen LogP contribution in [0.4, 0.5) is 0 Å². The molecule has 0 saturated heterocycles. The van der Waals surface area contributed by atoms with Gasteiger partial charge in [-0.15, -0.1) is 0 Å². The van der Waals surface area contributed by atoms with Crippen molar-refractivity contribution in [2.45, 2.75) is 46.6 Å². The van der Waals surface area contributed by atoms with Crippen molar-refractivity contribution in [2.24, 2.45) is 11.0 Å². The summed E-state index contributed by atoms with van der Waals surface area (Å²) in [6.45, 7) is 8.83. The highest BCUT2D eigenvalue weighted by molar-refractivity contribution is 9.10. The van der Waals surface area contributed by atoms with Gasteiger partial charge in [0.15, 0.2) is 11.5 Å². The van der Waals surface area contributed by atoms with E-state index in [1.807, 2.05) is 39.0 Å². The van der Waals surface area contributed by atoms with E-state index >= 15 is 0 Å². The van der Waals surface area contributed by atoms with E-state index in [-0.39, 0.29) is 11.8 Å². The predicted octanol–water partition coefficient (Wildman–Crippen LogP) is 4.93. The van der Waals surface area contributed by atoms with Crippen LogP contribution >= 0.6 is 15.9 Å². The van der Waals surface area contributed by atoms with Crippen LogP contribution in [0.5, 0.6) is 11.5 Å². The molecule has 1 unspecified atom stereocenters. The number of carbonyl (C=O) groups excluding carboxylic acids is 2. The molecule has 2 N–H and O–H groups in total. The summed E-state index contributed by atoms with van der Waals surface area (Å²) in [6, 6.07) is 11.7. The highest BCUT2D eigenvalue weighted by atomic mass is 79.9. The van der Waals surface area contributed by atoms with Gasteiger partial charge in [0.2, 0.25) is 0 Å². The second-order valence-electron chi connectivity index (χ2n) is 7.76. The fourth-order valence-corrected chi connectivity index (χ4v) is 3.55. The number of carbonyl (C=O) groups is 2. The molecule has 0 spiro atoms. The SMILES string of the molecule is CCCCOc1c(Br)cc(C=NNC(=O)C(NC(=O)c2ccccc2)C(C)C)cc1OCC. The highest BCUT2D eigenvalue weighted by Crippen LogP contribution is 2.36. The van der Waals surface area contributed by atoms with E-state index in [0.717, 1.165) is 22.9 Å². The average Bonchev–Trinajstić information content (AvgIpc) is 2.79. The third-order valence-corrected chi connectivity index (χ3v) is 5.33. The lowest BCUT2D eigenvalue weighted by molar-refractivity contribution is -0.123. The lowest BCUT2D eigenvalue weighted by Crippen LogP contribution is -2.48. The van der Waals surface area contributed by atoms with Crippen LogP contribution in [0.25, 0.3) is 0 Å². The van der Waals surface area contributed by atoms with Crippen LogP contribution in [-0.2, 0) is 4.79 Å². The van der Waals surface area contributed by atoms with Crippen LogP contribution in [-0.4, -0.2) is 37.3 Å². The molecule has 0 aliphatic rings. The maximum absolute atomic E-state index is 12.7. The highest BCUT2D eigenvalue weighted by Gasteiger charge is 2.24. The summed E-state index contributed by atoms with van der Waals surface area (Å²) in [4.78, 5) is 25.1. The van der Waals surface area contributed by atoms with Gasteiger partial charge in [-0.3, -0.25) is 9.59 Å². The van der Waals surface area contributed by atoms with Gasteiger partial charge in [0.1, 0.15) is 6.04 Å². The molecule has 0 aromatic heterocycles. The molecule has 0 bridgehead atoms. The quantitative estimate of drug-likeness (QED) is 0.237. The summed E-state index contributed by atoms with van der Waals surface area (Å²) >= 11 is 3.53. The fraction of sp³-hybridized carbons (Fsp3) is 0.400. The van der Waals surface area contributed by atoms with E-state index in [1.54, 1.807) is 24.3 Å². The van der Waals surface area contributed by atoms with Crippen LogP contribution in [0.3, 0.4) is 0 Å². The minimum absolute atomic E-state index is 0.119. The van der Waals surface area contributed by atoms with Crippen LogP contribution in [0.15, 0.2) is 52.0 Å². The Labute approximate surface area is 204 Å². The van der Waals surface area contributed by atoms with Crippen molar-refractivity contribution in [1.29, 1.82) is 0 Å². The van der Waals surface area contributed by atoms with E-state index in [9.17, 15) is 9.59 Å². The van der Waals surface area contributed by atoms with E-state index in [4.69, 9.17) is 9.47 Å². The molecule has 0 heterocycles. The normalized spacial score (nSPS) is 11.9. The van der Waals surface area contributed by atoms with Gasteiger partial charge in [-0.05, 0) is 65.0 Å². The van der Waals surface area contributed by atoms with E-state index in [2.05, 4.69) is 38.7 Å². The maximum atomic E-state index is 12.7. The Kier molecular flexibility index (Phi) is 10.9. The molecular weight excluding hydrogens is 486 g/mol. The fourth-order valence-electron chi connectivity index (χ4n) is 2.97. The van der Waals surface area contributed by atoms with E-state index in [0.29, 0.717) is 30.3 Å². The molecule has 8 heteroatoms. The molecule has 178 valence electrons. The smallest absolute Gasteiger partial charge is 0.262 e. The zero-order valence-electron chi connectivity index (χ0n) is 19.6. The van der Waals surface area contributed by atoms with Crippen LogP contribution in [0, 0.1) is 5.92 Å². The number of ether oxygens (including phenoxy) is 2. The molecule has 2 amide bonds. The van der Waals surface area contributed by atoms with Crippen molar-refractivity contribution in [3.63, 3.8) is 0 Å². The number of halogens is 1. The van der Waals surface area contributed by atoms with Gasteiger partial charge in [-0.1, -0.05) is 45.4 Å². The molecule has 1 atom stereocenters. The Morgan fingerprint density at radius 3 is 2.48 bits per heavy atom. The Balaban J connectivity index is 2.08. The number of hydrogen-bond donors (Lipinski definition) is 2. The van der Waals surface area contributed by atoms with Gasteiger partial charge in [-0.2, -0.15) is 5.10 Å². The Morgan fingerprint density at radius 1 is 1.12 bits per heavy atom. The molecule has 2 aromatic carbocycles. The van der Waals surface area contributed by atoms with Gasteiger partial charge in [-0.25, -0.2) is 5.43 Å². The van der Waals surface area contributed by atoms with Crippen LogP contribution in [0.2, 0.25) is 0 Å². The second kappa shape index (κ2) is 13.6. The topological polar surface area (TPSA) is 89.0 Å². The number of hydrogen-bond acceptors (Lipinski definition) is 5. The van der Waals surface area contributed by atoms with E-state index in [1.165, 1.54) is 6.21 Å². The van der Waals surface area contributed by atoms with Crippen LogP contribution < -0.4 is 20.2 Å². The van der Waals surface area contributed by atoms with Gasteiger partial charge < -0.3 is 14.8 Å². The Hall–Kier alpha value is -2.87. The van der Waals surface area contributed by atoms with Crippen molar-refractivity contribution in [3.8, 4) is 11.5 Å². The number of nitrogens with one attached hydrogen (secondary N) is 2. The second-order valence-corrected chi connectivity index (χ2v) is 8.61. The van der Waals surface area contributed by atoms with Crippen molar-refractivity contribution in [2.75, 3.05) is 13.2 Å². The lowest BCUT2D eigenvalue weighted by atomic mass is 10.0. The summed E-state index contributed by atoms with van der Waals surface area (Å²) in [5.41, 5.74) is 3.74. The number of hydrazone groups is 1. The molecule has 33 heavy (non-hydrogen) atoms. The molecule has 0 fully saturated rings. The first-order valence-corrected chi connectivity index (χ1v) is 11.9. The monoisotopic (exact) mass is 517 g/mol. The zero-order chi connectivity index (χ0) is 24.2. The average molecular weight is 518 g/mol. The number of nitrogens with zero attached hydrogens (tertiary/aromatic N) is 1. The summed E-state index contributed by atoms with van der Waals surface area (Å²) < 4.78 is 12.3. The lowest BCUT2D eigenvalue weighted by Gasteiger charge is -2.20. The zero-order valence-corrected chi connectivity index (χ0v) is 21.1. The minimum atomic E-state index is -0.727. The van der Waals surface area contributed by atoms with Crippen LogP contribution in [0.1, 0.15) is 56.5 Å². The molecule has 0 aliphatic heterocycles. The predicted molar refractivity (Wildman–Crippen MR) is 134 cm³/mol. The molecule has 2 aromatic rings. The summed E-state index contributed by atoms with van der Waals surface area (Å²) in [6.07, 6.45) is 3.51. The molecule has 0 aliphatic carbocycles. The third-order valence-electron chi connectivity index (χ3n) is 4.74. The van der Waals surface area contributed by atoms with E-state index < -0.39 is 11.9 Å². The first-order chi connectivity index (χ1) is 15.9. The van der Waals surface area contributed by atoms with Crippen molar-refractivity contribution >= 4 is 34.0 Å². The van der Waals surface area contributed by atoms with Crippen molar-refractivity contribution in [3.05, 3.63) is 58.1 Å². The molecule has 0 radical (unpaired) electrons. The maximum Gasteiger partial charge on any atom is 0.262 e. The van der Waals surface area contributed by atoms with Gasteiger partial charge in [0.25, 0.3) is 11.8 Å². The van der Waals surface area contributed by atoms with Gasteiger partial charge in [0.05, 0.1) is 23.9 Å². The summed E-state index contributed by atoms with van der Waals surface area (Å²) in [5, 5.41) is 6.86. The molecule has 2 rings (SSSR count). The summed E-state index contributed by atoms with van der Waals surface area (Å²) in [7, 11) is 0. The first-order valence-electron chi connectivity index (χ1n) is 11.1. The van der Waals surface area contributed by atoms with Gasteiger partial charge >= 0.3 is 0 Å². The van der Waals surface area contributed by atoms with Gasteiger partial charge in [0, 0.05) is 5.56 Å². The minimum Gasteiger partial charge on any atom is -0.490 e. The third kappa shape index (κ3) is 8.20. The number of unbranched alkanes of at least 4 members (excludes halogenated alkanes) is 1.